The molecule has 1 aliphatic rings. The highest BCUT2D eigenvalue weighted by atomic mass is 35.5. The second-order valence-corrected chi connectivity index (χ2v) is 6.18. The lowest BCUT2D eigenvalue weighted by Gasteiger charge is -2.20. The monoisotopic (exact) mass is 344 g/mol. The maximum atomic E-state index is 12.9. The van der Waals surface area contributed by atoms with Crippen LogP contribution in [-0.2, 0) is 13.6 Å². The summed E-state index contributed by atoms with van der Waals surface area (Å²) in [6.45, 7) is 4.14. The number of carbonyl (C=O) groups is 1. The fraction of sp³-hybridized carbons (Fsp3) is 0.353. The number of hydrogen-bond acceptors (Lipinski definition) is 4. The van der Waals surface area contributed by atoms with E-state index < -0.39 is 6.04 Å². The minimum Gasteiger partial charge on any atom is -0.496 e. The van der Waals surface area contributed by atoms with Gasteiger partial charge in [-0.25, -0.2) is 0 Å². The van der Waals surface area contributed by atoms with Crippen molar-refractivity contribution in [3.63, 3.8) is 0 Å². The standard InChI is InChI=1S/C17H17ClN4O2/c1-9-11(10(2)21(3)20-9)8-22-13(7-19)15-12(18)5-6-14(24-4)16(15)17(22)23/h5-6,13H,8H2,1-4H3. The van der Waals surface area contributed by atoms with E-state index in [2.05, 4.69) is 11.2 Å². The number of methoxy groups -OCH3 is 1. The summed E-state index contributed by atoms with van der Waals surface area (Å²) in [4.78, 5) is 14.5. The number of carbonyl (C=O) groups excluding carboxylic acids is 1. The molecule has 24 heavy (non-hydrogen) atoms. The van der Waals surface area contributed by atoms with Crippen LogP contribution in [0.3, 0.4) is 0 Å². The molecule has 2 heterocycles. The molecule has 0 N–H and O–H groups in total. The molecule has 1 aromatic carbocycles. The topological polar surface area (TPSA) is 71.2 Å². The Morgan fingerprint density at radius 3 is 2.67 bits per heavy atom. The Kier molecular flexibility index (Phi) is 3.98. The van der Waals surface area contributed by atoms with Crippen LogP contribution in [0, 0.1) is 25.2 Å². The summed E-state index contributed by atoms with van der Waals surface area (Å²) in [6.07, 6.45) is 0. The molecular formula is C17H17ClN4O2. The van der Waals surface area contributed by atoms with Crippen LogP contribution in [0.2, 0.25) is 5.02 Å². The van der Waals surface area contributed by atoms with Gasteiger partial charge >= 0.3 is 0 Å². The Morgan fingerprint density at radius 2 is 2.12 bits per heavy atom. The van der Waals surface area contributed by atoms with E-state index in [0.717, 1.165) is 17.0 Å². The lowest BCUT2D eigenvalue weighted by molar-refractivity contribution is 0.0741. The molecule has 0 radical (unpaired) electrons. The first-order chi connectivity index (χ1) is 11.4. The van der Waals surface area contributed by atoms with Gasteiger partial charge in [0.15, 0.2) is 0 Å². The number of ether oxygens (including phenoxy) is 1. The number of aromatic nitrogens is 2. The summed E-state index contributed by atoms with van der Waals surface area (Å²) in [5, 5.41) is 14.4. The fourth-order valence-electron chi connectivity index (χ4n) is 3.16. The quantitative estimate of drug-likeness (QED) is 0.858. The minimum absolute atomic E-state index is 0.251. The predicted molar refractivity (Wildman–Crippen MR) is 88.9 cm³/mol. The van der Waals surface area contributed by atoms with Crippen molar-refractivity contribution in [1.82, 2.24) is 14.7 Å². The van der Waals surface area contributed by atoms with Crippen molar-refractivity contribution in [2.75, 3.05) is 7.11 Å². The minimum atomic E-state index is -0.742. The number of aryl methyl sites for hydroxylation is 2. The lowest BCUT2D eigenvalue weighted by Crippen LogP contribution is -2.27. The lowest BCUT2D eigenvalue weighted by atomic mass is 10.0. The Labute approximate surface area is 145 Å². The van der Waals surface area contributed by atoms with Gasteiger partial charge in [-0.3, -0.25) is 9.48 Å². The third-order valence-corrected chi connectivity index (χ3v) is 4.87. The van der Waals surface area contributed by atoms with E-state index in [4.69, 9.17) is 16.3 Å². The third kappa shape index (κ3) is 2.24. The molecule has 0 fully saturated rings. The zero-order valence-corrected chi connectivity index (χ0v) is 14.7. The van der Waals surface area contributed by atoms with Crippen molar-refractivity contribution >= 4 is 17.5 Å². The SMILES string of the molecule is COc1ccc(Cl)c2c1C(=O)N(Cc1c(C)nn(C)c1C)C2C#N. The molecule has 0 saturated carbocycles. The van der Waals surface area contributed by atoms with Crippen LogP contribution >= 0.6 is 11.6 Å². The average Bonchev–Trinajstić information content (AvgIpc) is 2.97. The van der Waals surface area contributed by atoms with E-state index in [9.17, 15) is 10.1 Å². The summed E-state index contributed by atoms with van der Waals surface area (Å²) < 4.78 is 7.06. The van der Waals surface area contributed by atoms with Gasteiger partial charge in [-0.05, 0) is 26.0 Å². The summed E-state index contributed by atoms with van der Waals surface area (Å²) in [5.41, 5.74) is 3.63. The summed E-state index contributed by atoms with van der Waals surface area (Å²) in [7, 11) is 3.35. The Morgan fingerprint density at radius 1 is 1.42 bits per heavy atom. The normalized spacial score (nSPS) is 16.2. The number of nitriles is 1. The van der Waals surface area contributed by atoms with Crippen LogP contribution in [0.25, 0.3) is 0 Å². The molecule has 1 aromatic heterocycles. The molecule has 3 rings (SSSR count). The molecule has 2 aromatic rings. The van der Waals surface area contributed by atoms with Gasteiger partial charge in [0, 0.05) is 28.9 Å². The molecular weight excluding hydrogens is 328 g/mol. The first kappa shape index (κ1) is 16.3. The van der Waals surface area contributed by atoms with Gasteiger partial charge in [0.05, 0.1) is 31.0 Å². The fourth-order valence-corrected chi connectivity index (χ4v) is 3.42. The molecule has 1 aliphatic heterocycles. The molecule has 1 atom stereocenters. The second kappa shape index (κ2) is 5.84. The Balaban J connectivity index is 2.10. The Bertz CT molecular complexity index is 882. The zero-order chi connectivity index (χ0) is 17.6. The van der Waals surface area contributed by atoms with Crippen LogP contribution in [-0.4, -0.2) is 27.7 Å². The maximum Gasteiger partial charge on any atom is 0.259 e. The number of rotatable bonds is 3. The van der Waals surface area contributed by atoms with Crippen molar-refractivity contribution in [3.8, 4) is 11.8 Å². The molecule has 7 heteroatoms. The number of hydrogen-bond donors (Lipinski definition) is 0. The van der Waals surface area contributed by atoms with Crippen LogP contribution in [0.15, 0.2) is 12.1 Å². The van der Waals surface area contributed by atoms with Crippen LogP contribution < -0.4 is 4.74 Å². The van der Waals surface area contributed by atoms with E-state index in [1.165, 1.54) is 12.0 Å². The molecule has 1 unspecified atom stereocenters. The highest BCUT2D eigenvalue weighted by Gasteiger charge is 2.41. The van der Waals surface area contributed by atoms with E-state index in [1.807, 2.05) is 20.9 Å². The van der Waals surface area contributed by atoms with Crippen molar-refractivity contribution < 1.29 is 9.53 Å². The number of amides is 1. The highest BCUT2D eigenvalue weighted by Crippen LogP contribution is 2.43. The van der Waals surface area contributed by atoms with Gasteiger partial charge in [0.1, 0.15) is 11.8 Å². The molecule has 0 aliphatic carbocycles. The van der Waals surface area contributed by atoms with E-state index in [-0.39, 0.29) is 5.91 Å². The number of benzene rings is 1. The van der Waals surface area contributed by atoms with Gasteiger partial charge in [0.2, 0.25) is 0 Å². The summed E-state index contributed by atoms with van der Waals surface area (Å²) in [5.74, 6) is 0.181. The number of halogens is 1. The summed E-state index contributed by atoms with van der Waals surface area (Å²) >= 11 is 6.27. The molecule has 124 valence electrons. The predicted octanol–water partition coefficient (Wildman–Crippen LogP) is 2.92. The number of nitrogens with zero attached hydrogens (tertiary/aromatic N) is 4. The second-order valence-electron chi connectivity index (χ2n) is 5.78. The highest BCUT2D eigenvalue weighted by molar-refractivity contribution is 6.32. The van der Waals surface area contributed by atoms with Gasteiger partial charge in [-0.2, -0.15) is 10.4 Å². The van der Waals surface area contributed by atoms with E-state index in [0.29, 0.717) is 28.4 Å². The van der Waals surface area contributed by atoms with Gasteiger partial charge in [-0.1, -0.05) is 11.6 Å². The first-order valence-corrected chi connectivity index (χ1v) is 7.84. The van der Waals surface area contributed by atoms with Crippen molar-refractivity contribution in [2.45, 2.75) is 26.4 Å². The maximum absolute atomic E-state index is 12.9. The van der Waals surface area contributed by atoms with Gasteiger partial charge < -0.3 is 9.64 Å². The van der Waals surface area contributed by atoms with Crippen LogP contribution in [0.4, 0.5) is 0 Å². The Hall–Kier alpha value is -2.52. The van der Waals surface area contributed by atoms with Crippen LogP contribution in [0.5, 0.6) is 5.75 Å². The van der Waals surface area contributed by atoms with Gasteiger partial charge in [0.25, 0.3) is 5.91 Å². The van der Waals surface area contributed by atoms with Gasteiger partial charge in [-0.15, -0.1) is 0 Å². The van der Waals surface area contributed by atoms with E-state index in [1.54, 1.807) is 16.8 Å². The molecule has 0 spiro atoms. The third-order valence-electron chi connectivity index (χ3n) is 4.54. The molecule has 6 nitrogen and oxygen atoms in total. The number of fused-ring (bicyclic) bond motifs is 1. The first-order valence-electron chi connectivity index (χ1n) is 7.46. The molecule has 0 saturated heterocycles. The van der Waals surface area contributed by atoms with Crippen LogP contribution in [0.1, 0.15) is 38.9 Å². The van der Waals surface area contributed by atoms with E-state index >= 15 is 0 Å². The zero-order valence-electron chi connectivity index (χ0n) is 13.9. The molecule has 0 bridgehead atoms. The van der Waals surface area contributed by atoms with Crippen molar-refractivity contribution in [1.29, 1.82) is 5.26 Å². The molecule has 1 amide bonds. The smallest absolute Gasteiger partial charge is 0.259 e. The average molecular weight is 345 g/mol. The van der Waals surface area contributed by atoms with Crippen molar-refractivity contribution in [3.05, 3.63) is 45.2 Å². The van der Waals surface area contributed by atoms with Crippen molar-refractivity contribution in [2.24, 2.45) is 7.05 Å². The summed E-state index contributed by atoms with van der Waals surface area (Å²) in [6, 6.07) is 4.76. The largest absolute Gasteiger partial charge is 0.496 e.